The highest BCUT2D eigenvalue weighted by atomic mass is 31.2. The maximum Gasteiger partial charge on any atom is 0.353 e. The average molecular weight is 360 g/mol. The molecule has 0 aliphatic heterocycles. The highest BCUT2D eigenvalue weighted by Gasteiger charge is 2.21. The Morgan fingerprint density at radius 1 is 0.920 bits per heavy atom. The van der Waals surface area contributed by atoms with E-state index in [9.17, 15) is 4.57 Å². The van der Waals surface area contributed by atoms with Crippen LogP contribution in [-0.2, 0) is 13.6 Å². The number of allylic oxidation sites excluding steroid dienone is 1. The van der Waals surface area contributed by atoms with Gasteiger partial charge in [-0.05, 0) is 37.1 Å². The third-order valence-electron chi connectivity index (χ3n) is 3.71. The van der Waals surface area contributed by atoms with Gasteiger partial charge in [0.05, 0.1) is 20.3 Å². The quantitative estimate of drug-likeness (QED) is 0.546. The van der Waals surface area contributed by atoms with Crippen LogP contribution in [0.5, 0.6) is 5.75 Å². The van der Waals surface area contributed by atoms with Crippen molar-refractivity contribution in [3.63, 3.8) is 0 Å². The van der Waals surface area contributed by atoms with Gasteiger partial charge < -0.3 is 13.8 Å². The Morgan fingerprint density at radius 2 is 1.48 bits per heavy atom. The molecular formula is C20H25O4P. The largest absolute Gasteiger partial charge is 0.497 e. The topological polar surface area (TPSA) is 44.8 Å². The molecule has 0 aliphatic rings. The van der Waals surface area contributed by atoms with Crippen molar-refractivity contribution in [3.8, 4) is 5.75 Å². The molecule has 0 fully saturated rings. The summed E-state index contributed by atoms with van der Waals surface area (Å²) in [6.45, 7) is 4.27. The Bertz CT molecular complexity index is 700. The Morgan fingerprint density at radius 3 is 2.00 bits per heavy atom. The van der Waals surface area contributed by atoms with E-state index in [-0.39, 0.29) is 5.92 Å². The van der Waals surface area contributed by atoms with Crippen LogP contribution in [0.4, 0.5) is 0 Å². The van der Waals surface area contributed by atoms with Crippen LogP contribution >= 0.6 is 7.60 Å². The summed E-state index contributed by atoms with van der Waals surface area (Å²) in [7, 11) is -1.59. The fourth-order valence-corrected chi connectivity index (χ4v) is 3.91. The summed E-state index contributed by atoms with van der Waals surface area (Å²) in [5.74, 6) is 2.32. The van der Waals surface area contributed by atoms with Crippen LogP contribution in [0.1, 0.15) is 30.9 Å². The Balaban J connectivity index is 2.37. The van der Waals surface area contributed by atoms with E-state index < -0.39 is 7.60 Å². The van der Waals surface area contributed by atoms with Crippen molar-refractivity contribution in [2.45, 2.75) is 19.8 Å². The average Bonchev–Trinajstić information content (AvgIpc) is 2.64. The first-order valence-corrected chi connectivity index (χ1v) is 10.00. The molecule has 0 saturated heterocycles. The zero-order chi connectivity index (χ0) is 18.1. The first kappa shape index (κ1) is 19.5. The summed E-state index contributed by atoms with van der Waals surface area (Å²) < 4.78 is 28.7. The normalized spacial score (nSPS) is 13.1. The zero-order valence-corrected chi connectivity index (χ0v) is 15.8. The van der Waals surface area contributed by atoms with Crippen LogP contribution in [0.2, 0.25) is 0 Å². The van der Waals surface area contributed by atoms with Gasteiger partial charge in [-0.25, -0.2) is 0 Å². The zero-order valence-electron chi connectivity index (χ0n) is 14.9. The van der Waals surface area contributed by atoms with Gasteiger partial charge in [0, 0.05) is 11.7 Å². The number of ether oxygens (including phenoxy) is 1. The van der Waals surface area contributed by atoms with Crippen molar-refractivity contribution < 1.29 is 18.3 Å². The maximum atomic E-state index is 12.7. The summed E-state index contributed by atoms with van der Waals surface area (Å²) in [5, 5.41) is 0. The summed E-state index contributed by atoms with van der Waals surface area (Å²) in [5.41, 5.74) is 2.17. The monoisotopic (exact) mass is 360 g/mol. The van der Waals surface area contributed by atoms with Crippen molar-refractivity contribution in [1.29, 1.82) is 0 Å². The predicted octanol–water partition coefficient (Wildman–Crippen LogP) is 5.61. The van der Waals surface area contributed by atoms with Crippen LogP contribution in [0.25, 0.3) is 0 Å². The molecule has 0 aliphatic carbocycles. The van der Waals surface area contributed by atoms with Gasteiger partial charge in [-0.2, -0.15) is 0 Å². The van der Waals surface area contributed by atoms with E-state index in [4.69, 9.17) is 13.8 Å². The van der Waals surface area contributed by atoms with Crippen LogP contribution in [0, 0.1) is 0 Å². The van der Waals surface area contributed by atoms with Crippen molar-refractivity contribution in [2.24, 2.45) is 0 Å². The SMILES string of the molecule is CCOP(=O)(/C=C/C(c1ccccc1)c1ccc(OC)cc1)OCC. The van der Waals surface area contributed by atoms with Gasteiger partial charge in [-0.3, -0.25) is 4.57 Å². The summed E-state index contributed by atoms with van der Waals surface area (Å²) >= 11 is 0. The van der Waals surface area contributed by atoms with E-state index in [1.807, 2.05) is 60.7 Å². The minimum Gasteiger partial charge on any atom is -0.497 e. The number of hydrogen-bond acceptors (Lipinski definition) is 4. The molecule has 0 saturated carbocycles. The fourth-order valence-electron chi connectivity index (χ4n) is 2.56. The molecule has 0 spiro atoms. The number of rotatable bonds is 9. The van der Waals surface area contributed by atoms with Gasteiger partial charge in [-0.1, -0.05) is 48.5 Å². The third kappa shape index (κ3) is 5.57. The van der Waals surface area contributed by atoms with Gasteiger partial charge in [0.15, 0.2) is 0 Å². The minimum absolute atomic E-state index is 0.0543. The van der Waals surface area contributed by atoms with Gasteiger partial charge in [0.25, 0.3) is 0 Å². The first-order chi connectivity index (χ1) is 12.1. The minimum atomic E-state index is -3.23. The fraction of sp³-hybridized carbons (Fsp3) is 0.300. The molecule has 0 N–H and O–H groups in total. The van der Waals surface area contributed by atoms with Gasteiger partial charge in [0.1, 0.15) is 5.75 Å². The van der Waals surface area contributed by atoms with E-state index in [1.54, 1.807) is 26.8 Å². The molecule has 1 atom stereocenters. The molecule has 0 amide bonds. The molecular weight excluding hydrogens is 335 g/mol. The van der Waals surface area contributed by atoms with Gasteiger partial charge in [-0.15, -0.1) is 0 Å². The lowest BCUT2D eigenvalue weighted by Gasteiger charge is -2.17. The standard InChI is InChI=1S/C20H25O4P/c1-4-23-25(21,24-5-2)16-15-20(17-9-7-6-8-10-17)18-11-13-19(22-3)14-12-18/h6-16,20H,4-5H2,1-3H3/b16-15+. The van der Waals surface area contributed by atoms with Crippen LogP contribution in [0.3, 0.4) is 0 Å². The Kier molecular flexibility index (Phi) is 7.45. The second-order valence-corrected chi connectivity index (χ2v) is 7.27. The lowest BCUT2D eigenvalue weighted by molar-refractivity contribution is 0.229. The molecule has 2 aromatic rings. The van der Waals surface area contributed by atoms with Crippen LogP contribution < -0.4 is 4.74 Å². The van der Waals surface area contributed by atoms with Crippen LogP contribution in [-0.4, -0.2) is 20.3 Å². The summed E-state index contributed by atoms with van der Waals surface area (Å²) in [4.78, 5) is 0. The number of benzene rings is 2. The maximum absolute atomic E-state index is 12.7. The number of hydrogen-bond donors (Lipinski definition) is 0. The van der Waals surface area contributed by atoms with Gasteiger partial charge >= 0.3 is 7.60 Å². The molecule has 0 radical (unpaired) electrons. The number of methoxy groups -OCH3 is 1. The highest BCUT2D eigenvalue weighted by molar-refractivity contribution is 7.57. The first-order valence-electron chi connectivity index (χ1n) is 8.39. The van der Waals surface area contributed by atoms with Crippen molar-refractivity contribution in [3.05, 3.63) is 77.6 Å². The second kappa shape index (κ2) is 9.57. The molecule has 0 aromatic heterocycles. The molecule has 1 unspecified atom stereocenters. The van der Waals surface area contributed by atoms with E-state index in [0.29, 0.717) is 13.2 Å². The van der Waals surface area contributed by atoms with E-state index in [2.05, 4.69) is 0 Å². The van der Waals surface area contributed by atoms with E-state index in [0.717, 1.165) is 16.9 Å². The second-order valence-electron chi connectivity index (χ2n) is 5.38. The third-order valence-corrected chi connectivity index (χ3v) is 5.49. The van der Waals surface area contributed by atoms with E-state index >= 15 is 0 Å². The molecule has 134 valence electrons. The van der Waals surface area contributed by atoms with Crippen molar-refractivity contribution in [2.75, 3.05) is 20.3 Å². The smallest absolute Gasteiger partial charge is 0.353 e. The molecule has 4 nitrogen and oxygen atoms in total. The predicted molar refractivity (Wildman–Crippen MR) is 101 cm³/mol. The summed E-state index contributed by atoms with van der Waals surface area (Å²) in [6, 6.07) is 17.9. The van der Waals surface area contributed by atoms with Crippen molar-refractivity contribution >= 4 is 7.60 Å². The summed E-state index contributed by atoms with van der Waals surface area (Å²) in [6.07, 6.45) is 1.89. The van der Waals surface area contributed by atoms with Gasteiger partial charge in [0.2, 0.25) is 0 Å². The molecule has 0 heterocycles. The molecule has 5 heteroatoms. The molecule has 25 heavy (non-hydrogen) atoms. The molecule has 2 aromatic carbocycles. The van der Waals surface area contributed by atoms with Crippen molar-refractivity contribution in [1.82, 2.24) is 0 Å². The lowest BCUT2D eigenvalue weighted by Crippen LogP contribution is -1.99. The Hall–Kier alpha value is -1.87. The van der Waals surface area contributed by atoms with Crippen LogP contribution in [0.15, 0.2) is 66.5 Å². The highest BCUT2D eigenvalue weighted by Crippen LogP contribution is 2.50. The lowest BCUT2D eigenvalue weighted by atomic mass is 9.91. The Labute approximate surface area is 150 Å². The van der Waals surface area contributed by atoms with E-state index in [1.165, 1.54) is 0 Å². The molecule has 2 rings (SSSR count). The molecule has 0 bridgehead atoms.